The van der Waals surface area contributed by atoms with Gasteiger partial charge in [-0.1, -0.05) is 24.3 Å². The molecule has 0 saturated carbocycles. The first-order chi connectivity index (χ1) is 8.49. The maximum atomic E-state index is 5.74. The molecule has 0 amide bonds. The molecule has 1 rings (SSSR count). The maximum Gasteiger partial charge on any atom is 0.189 e. The van der Waals surface area contributed by atoms with Crippen LogP contribution in [0.5, 0.6) is 0 Å². The zero-order valence-corrected chi connectivity index (χ0v) is 14.1. The molecular formula is C14H23IN4. The summed E-state index contributed by atoms with van der Waals surface area (Å²) in [6.07, 6.45) is 0. The van der Waals surface area contributed by atoms with E-state index >= 15 is 0 Å². The monoisotopic (exact) mass is 374 g/mol. The second kappa shape index (κ2) is 8.79. The van der Waals surface area contributed by atoms with Crippen molar-refractivity contribution >= 4 is 35.6 Å². The highest BCUT2D eigenvalue weighted by atomic mass is 127. The van der Waals surface area contributed by atoms with Gasteiger partial charge in [-0.15, -0.1) is 24.0 Å². The minimum Gasteiger partial charge on any atom is -0.378 e. The van der Waals surface area contributed by atoms with Crippen LogP contribution >= 0.6 is 24.0 Å². The van der Waals surface area contributed by atoms with Gasteiger partial charge in [0, 0.05) is 26.3 Å². The number of guanidine groups is 1. The van der Waals surface area contributed by atoms with E-state index in [-0.39, 0.29) is 24.0 Å². The quantitative estimate of drug-likeness (QED) is 0.360. The lowest BCUT2D eigenvalue weighted by atomic mass is 10.2. The van der Waals surface area contributed by atoms with Gasteiger partial charge in [0.15, 0.2) is 5.96 Å². The first kappa shape index (κ1) is 17.8. The fourth-order valence-corrected chi connectivity index (χ4v) is 1.37. The molecule has 5 heteroatoms. The average molecular weight is 374 g/mol. The molecule has 0 saturated heterocycles. The van der Waals surface area contributed by atoms with Crippen LogP contribution in [0.4, 0.5) is 5.69 Å². The first-order valence-corrected chi connectivity index (χ1v) is 5.93. The summed E-state index contributed by atoms with van der Waals surface area (Å²) in [5.74, 6) is 0.453. The van der Waals surface area contributed by atoms with Gasteiger partial charge in [-0.05, 0) is 24.6 Å². The third-order valence-corrected chi connectivity index (χ3v) is 2.46. The molecule has 1 aromatic carbocycles. The molecule has 0 spiro atoms. The summed E-state index contributed by atoms with van der Waals surface area (Å²) in [7, 11) is 4.04. The summed E-state index contributed by atoms with van der Waals surface area (Å²) in [5, 5.41) is 3.00. The molecule has 19 heavy (non-hydrogen) atoms. The number of aliphatic imine (C=N–C) groups is 1. The highest BCUT2D eigenvalue weighted by Gasteiger charge is 1.96. The Morgan fingerprint density at radius 1 is 1.32 bits per heavy atom. The summed E-state index contributed by atoms with van der Waals surface area (Å²) >= 11 is 0. The highest BCUT2D eigenvalue weighted by Crippen LogP contribution is 2.12. The van der Waals surface area contributed by atoms with Crippen LogP contribution in [0.3, 0.4) is 0 Å². The predicted molar refractivity (Wildman–Crippen MR) is 94.3 cm³/mol. The van der Waals surface area contributed by atoms with Gasteiger partial charge in [0.2, 0.25) is 0 Å². The normalized spacial score (nSPS) is 10.6. The van der Waals surface area contributed by atoms with Crippen molar-refractivity contribution in [1.29, 1.82) is 0 Å². The molecular weight excluding hydrogens is 351 g/mol. The van der Waals surface area contributed by atoms with Gasteiger partial charge in [0.05, 0.1) is 6.54 Å². The van der Waals surface area contributed by atoms with Gasteiger partial charge >= 0.3 is 0 Å². The third kappa shape index (κ3) is 7.05. The second-order valence-electron chi connectivity index (χ2n) is 4.57. The van der Waals surface area contributed by atoms with Crippen LogP contribution in [0.15, 0.2) is 41.4 Å². The highest BCUT2D eigenvalue weighted by molar-refractivity contribution is 14.0. The first-order valence-electron chi connectivity index (χ1n) is 5.93. The Bertz CT molecular complexity index is 424. The molecule has 0 aliphatic rings. The van der Waals surface area contributed by atoms with E-state index < -0.39 is 0 Å². The molecule has 0 radical (unpaired) electrons. The Morgan fingerprint density at radius 2 is 1.89 bits per heavy atom. The molecule has 0 bridgehead atoms. The van der Waals surface area contributed by atoms with Gasteiger partial charge in [-0.25, -0.2) is 4.99 Å². The summed E-state index contributed by atoms with van der Waals surface area (Å²) in [4.78, 5) is 6.33. The maximum absolute atomic E-state index is 5.74. The minimum atomic E-state index is 0. The van der Waals surface area contributed by atoms with Gasteiger partial charge in [-0.2, -0.15) is 0 Å². The minimum absolute atomic E-state index is 0. The van der Waals surface area contributed by atoms with E-state index in [1.54, 1.807) is 0 Å². The van der Waals surface area contributed by atoms with Crippen LogP contribution in [0, 0.1) is 0 Å². The number of benzene rings is 1. The standard InChI is InChI=1S/C14H22N4.HI/c1-11(2)9-16-14(15)17-10-12-5-7-13(8-6-12)18(3)4;/h5-8H,1,9-10H2,2-4H3,(H3,15,16,17);1H. The number of hydrogen-bond donors (Lipinski definition) is 2. The number of nitrogens with two attached hydrogens (primary N) is 1. The molecule has 0 aliphatic heterocycles. The smallest absolute Gasteiger partial charge is 0.189 e. The zero-order chi connectivity index (χ0) is 13.5. The number of nitrogens with zero attached hydrogens (tertiary/aromatic N) is 2. The van der Waals surface area contributed by atoms with E-state index in [1.807, 2.05) is 21.0 Å². The number of rotatable bonds is 5. The molecule has 0 atom stereocenters. The Kier molecular flexibility index (Phi) is 8.22. The van der Waals surface area contributed by atoms with E-state index in [1.165, 1.54) is 5.69 Å². The summed E-state index contributed by atoms with van der Waals surface area (Å²) in [6.45, 7) is 6.99. The van der Waals surface area contributed by atoms with E-state index in [0.29, 0.717) is 19.0 Å². The Morgan fingerprint density at radius 3 is 2.37 bits per heavy atom. The van der Waals surface area contributed by atoms with Crippen LogP contribution in [-0.4, -0.2) is 26.6 Å². The zero-order valence-electron chi connectivity index (χ0n) is 11.8. The molecule has 1 aromatic rings. The van der Waals surface area contributed by atoms with Crippen molar-refractivity contribution in [3.63, 3.8) is 0 Å². The number of hydrogen-bond acceptors (Lipinski definition) is 2. The van der Waals surface area contributed by atoms with Crippen LogP contribution in [0.1, 0.15) is 12.5 Å². The lowest BCUT2D eigenvalue weighted by Gasteiger charge is -2.12. The molecule has 0 aromatic heterocycles. The molecule has 3 N–H and O–H groups in total. The molecule has 0 unspecified atom stereocenters. The van der Waals surface area contributed by atoms with Crippen molar-refractivity contribution in [3.05, 3.63) is 42.0 Å². The Balaban J connectivity index is 0.00000324. The largest absolute Gasteiger partial charge is 0.378 e. The predicted octanol–water partition coefficient (Wildman–Crippen LogP) is 2.35. The average Bonchev–Trinajstić information content (AvgIpc) is 2.34. The summed E-state index contributed by atoms with van der Waals surface area (Å²) in [6, 6.07) is 8.26. The third-order valence-electron chi connectivity index (χ3n) is 2.46. The summed E-state index contributed by atoms with van der Waals surface area (Å²) in [5.41, 5.74) is 9.08. The molecule has 0 heterocycles. The van der Waals surface area contributed by atoms with Crippen molar-refractivity contribution in [1.82, 2.24) is 5.32 Å². The van der Waals surface area contributed by atoms with Crippen LogP contribution < -0.4 is 16.0 Å². The van der Waals surface area contributed by atoms with Crippen molar-refractivity contribution < 1.29 is 0 Å². The fourth-order valence-electron chi connectivity index (χ4n) is 1.37. The molecule has 106 valence electrons. The fraction of sp³-hybridized carbons (Fsp3) is 0.357. The second-order valence-corrected chi connectivity index (χ2v) is 4.57. The SMILES string of the molecule is C=C(C)CNC(N)=NCc1ccc(N(C)C)cc1.I. The van der Waals surface area contributed by atoms with Gasteiger partial charge in [0.1, 0.15) is 0 Å². The van der Waals surface area contributed by atoms with Crippen LogP contribution in [0.2, 0.25) is 0 Å². The Hall–Kier alpha value is -1.24. The molecule has 0 fully saturated rings. The van der Waals surface area contributed by atoms with E-state index in [4.69, 9.17) is 5.73 Å². The lowest BCUT2D eigenvalue weighted by Crippen LogP contribution is -2.32. The van der Waals surface area contributed by atoms with Crippen molar-refractivity contribution in [2.45, 2.75) is 13.5 Å². The molecule has 4 nitrogen and oxygen atoms in total. The van der Waals surface area contributed by atoms with Crippen molar-refractivity contribution in [2.24, 2.45) is 10.7 Å². The van der Waals surface area contributed by atoms with E-state index in [0.717, 1.165) is 11.1 Å². The van der Waals surface area contributed by atoms with Crippen molar-refractivity contribution in [2.75, 3.05) is 25.5 Å². The van der Waals surface area contributed by atoms with E-state index in [2.05, 4.69) is 46.1 Å². The van der Waals surface area contributed by atoms with Gasteiger partial charge in [0.25, 0.3) is 0 Å². The Labute approximate surface area is 132 Å². The number of nitrogens with one attached hydrogen (secondary N) is 1. The number of halogens is 1. The topological polar surface area (TPSA) is 53.6 Å². The van der Waals surface area contributed by atoms with Crippen LogP contribution in [-0.2, 0) is 6.54 Å². The van der Waals surface area contributed by atoms with Crippen molar-refractivity contribution in [3.8, 4) is 0 Å². The molecule has 0 aliphatic carbocycles. The van der Waals surface area contributed by atoms with Gasteiger partial charge in [-0.3, -0.25) is 0 Å². The lowest BCUT2D eigenvalue weighted by molar-refractivity contribution is 0.940. The van der Waals surface area contributed by atoms with Crippen LogP contribution in [0.25, 0.3) is 0 Å². The van der Waals surface area contributed by atoms with E-state index in [9.17, 15) is 0 Å². The summed E-state index contributed by atoms with van der Waals surface area (Å²) < 4.78 is 0. The van der Waals surface area contributed by atoms with Gasteiger partial charge < -0.3 is 16.0 Å². The number of anilines is 1.